The highest BCUT2D eigenvalue weighted by molar-refractivity contribution is 5.49. The molecule has 3 rings (SSSR count). The first-order chi connectivity index (χ1) is 10.7. The average molecular weight is 292 g/mol. The Morgan fingerprint density at radius 1 is 0.909 bits per heavy atom. The topological polar surface area (TPSA) is 34.0 Å². The molecule has 0 unspecified atom stereocenters. The highest BCUT2D eigenvalue weighted by atomic mass is 15.1. The van der Waals surface area contributed by atoms with Crippen molar-refractivity contribution in [2.75, 3.05) is 14.1 Å². The third-order valence-electron chi connectivity index (χ3n) is 3.48. The summed E-state index contributed by atoms with van der Waals surface area (Å²) in [5.74, 6) is 0.901. The van der Waals surface area contributed by atoms with Gasteiger partial charge in [0.1, 0.15) is 5.69 Å². The summed E-state index contributed by atoms with van der Waals surface area (Å²) in [7, 11) is 4.16. The van der Waals surface area contributed by atoms with Gasteiger partial charge in [0, 0.05) is 31.7 Å². The van der Waals surface area contributed by atoms with Crippen LogP contribution in [0.2, 0.25) is 0 Å². The lowest BCUT2D eigenvalue weighted by Gasteiger charge is -2.11. The van der Waals surface area contributed by atoms with Crippen LogP contribution < -0.4 is 0 Å². The van der Waals surface area contributed by atoms with Crippen molar-refractivity contribution in [1.29, 1.82) is 0 Å². The summed E-state index contributed by atoms with van der Waals surface area (Å²) < 4.78 is 2.13. The van der Waals surface area contributed by atoms with Crippen LogP contribution in [0, 0.1) is 0 Å². The lowest BCUT2D eigenvalue weighted by atomic mass is 10.1. The van der Waals surface area contributed by atoms with E-state index in [0.717, 1.165) is 24.6 Å². The molecule has 4 nitrogen and oxygen atoms in total. The van der Waals surface area contributed by atoms with Crippen molar-refractivity contribution < 1.29 is 0 Å². The van der Waals surface area contributed by atoms with Crippen LogP contribution in [0.4, 0.5) is 0 Å². The molecular weight excluding hydrogens is 272 g/mol. The van der Waals surface area contributed by atoms with Gasteiger partial charge in [-0.05, 0) is 37.4 Å². The molecule has 0 saturated heterocycles. The molecule has 0 bridgehead atoms. The highest BCUT2D eigenvalue weighted by Crippen LogP contribution is 2.16. The molecule has 22 heavy (non-hydrogen) atoms. The zero-order chi connectivity index (χ0) is 15.4. The lowest BCUT2D eigenvalue weighted by Crippen LogP contribution is -2.10. The summed E-state index contributed by atoms with van der Waals surface area (Å²) in [5.41, 5.74) is 3.48. The molecule has 0 atom stereocenters. The molecule has 0 radical (unpaired) electrons. The highest BCUT2D eigenvalue weighted by Gasteiger charge is 2.07. The minimum absolute atomic E-state index is 0.800. The van der Waals surface area contributed by atoms with Crippen molar-refractivity contribution in [2.45, 2.75) is 13.1 Å². The van der Waals surface area contributed by atoms with Crippen LogP contribution in [0.3, 0.4) is 0 Å². The van der Waals surface area contributed by atoms with Crippen molar-refractivity contribution in [3.8, 4) is 11.5 Å². The quantitative estimate of drug-likeness (QED) is 0.725. The van der Waals surface area contributed by atoms with Crippen LogP contribution >= 0.6 is 0 Å². The van der Waals surface area contributed by atoms with E-state index in [0.29, 0.717) is 0 Å². The van der Waals surface area contributed by atoms with Crippen molar-refractivity contribution in [1.82, 2.24) is 19.4 Å². The smallest absolute Gasteiger partial charge is 0.158 e. The van der Waals surface area contributed by atoms with Crippen LogP contribution in [0.5, 0.6) is 0 Å². The average Bonchev–Trinajstić information content (AvgIpc) is 2.98. The number of nitrogens with zero attached hydrogens (tertiary/aromatic N) is 4. The molecule has 2 heterocycles. The van der Waals surface area contributed by atoms with E-state index in [4.69, 9.17) is 0 Å². The second-order valence-electron chi connectivity index (χ2n) is 5.65. The van der Waals surface area contributed by atoms with Crippen LogP contribution in [0.15, 0.2) is 61.1 Å². The molecule has 0 fully saturated rings. The van der Waals surface area contributed by atoms with Gasteiger partial charge in [-0.2, -0.15) is 0 Å². The summed E-state index contributed by atoms with van der Waals surface area (Å²) in [6.45, 7) is 1.76. The van der Waals surface area contributed by atoms with Gasteiger partial charge in [0.2, 0.25) is 0 Å². The molecule has 3 aromatic rings. The predicted octanol–water partition coefficient (Wildman–Crippen LogP) is 3.06. The Balaban J connectivity index is 1.78. The third kappa shape index (κ3) is 3.40. The van der Waals surface area contributed by atoms with Crippen LogP contribution in [-0.2, 0) is 13.1 Å². The monoisotopic (exact) mass is 292 g/mol. The third-order valence-corrected chi connectivity index (χ3v) is 3.48. The maximum atomic E-state index is 4.43. The molecule has 2 aromatic heterocycles. The maximum Gasteiger partial charge on any atom is 0.158 e. The number of benzene rings is 1. The zero-order valence-corrected chi connectivity index (χ0v) is 13.0. The van der Waals surface area contributed by atoms with Gasteiger partial charge in [0.05, 0.1) is 0 Å². The van der Waals surface area contributed by atoms with Gasteiger partial charge in [-0.1, -0.05) is 30.3 Å². The SMILES string of the molecule is CN(C)Cc1ccc(Cn2ccnc2-c2ccccn2)cc1. The fraction of sp³-hybridized carbons (Fsp3) is 0.222. The van der Waals surface area contributed by atoms with E-state index in [1.807, 2.05) is 30.6 Å². The Kier molecular flexibility index (Phi) is 4.30. The van der Waals surface area contributed by atoms with E-state index in [1.54, 1.807) is 6.20 Å². The Bertz CT molecular complexity index is 714. The second kappa shape index (κ2) is 6.54. The number of hydrogen-bond donors (Lipinski definition) is 0. The van der Waals surface area contributed by atoms with Crippen molar-refractivity contribution in [2.24, 2.45) is 0 Å². The first-order valence-corrected chi connectivity index (χ1v) is 7.37. The number of pyridine rings is 1. The summed E-state index contributed by atoms with van der Waals surface area (Å²) in [6, 6.07) is 14.6. The van der Waals surface area contributed by atoms with Gasteiger partial charge in [-0.15, -0.1) is 0 Å². The van der Waals surface area contributed by atoms with Gasteiger partial charge < -0.3 is 9.47 Å². The molecule has 112 valence electrons. The summed E-state index contributed by atoms with van der Waals surface area (Å²) in [6.07, 6.45) is 5.62. The molecular formula is C18H20N4. The minimum atomic E-state index is 0.800. The fourth-order valence-corrected chi connectivity index (χ4v) is 2.48. The lowest BCUT2D eigenvalue weighted by molar-refractivity contribution is 0.402. The van der Waals surface area contributed by atoms with Gasteiger partial charge in [-0.25, -0.2) is 4.98 Å². The normalized spacial score (nSPS) is 11.0. The number of rotatable bonds is 5. The van der Waals surface area contributed by atoms with E-state index >= 15 is 0 Å². The summed E-state index contributed by atoms with van der Waals surface area (Å²) in [4.78, 5) is 11.0. The molecule has 0 N–H and O–H groups in total. The van der Waals surface area contributed by atoms with Crippen LogP contribution in [0.25, 0.3) is 11.5 Å². The van der Waals surface area contributed by atoms with E-state index < -0.39 is 0 Å². The first-order valence-electron chi connectivity index (χ1n) is 7.37. The molecule has 0 saturated carbocycles. The molecule has 0 amide bonds. The number of hydrogen-bond acceptors (Lipinski definition) is 3. The van der Waals surface area contributed by atoms with Crippen LogP contribution in [-0.4, -0.2) is 33.5 Å². The summed E-state index contributed by atoms with van der Waals surface area (Å²) in [5, 5.41) is 0. The van der Waals surface area contributed by atoms with Gasteiger partial charge >= 0.3 is 0 Å². The largest absolute Gasteiger partial charge is 0.325 e. The van der Waals surface area contributed by atoms with Gasteiger partial charge in [0.25, 0.3) is 0 Å². The molecule has 0 spiro atoms. The van der Waals surface area contributed by atoms with E-state index in [-0.39, 0.29) is 0 Å². The molecule has 1 aromatic carbocycles. The minimum Gasteiger partial charge on any atom is -0.325 e. The van der Waals surface area contributed by atoms with Gasteiger partial charge in [0.15, 0.2) is 5.82 Å². The molecule has 0 aliphatic heterocycles. The predicted molar refractivity (Wildman–Crippen MR) is 88.4 cm³/mol. The fourth-order valence-electron chi connectivity index (χ4n) is 2.48. The van der Waals surface area contributed by atoms with E-state index in [1.165, 1.54) is 11.1 Å². The Hall–Kier alpha value is -2.46. The zero-order valence-electron chi connectivity index (χ0n) is 13.0. The first kappa shape index (κ1) is 14.5. The van der Waals surface area contributed by atoms with Crippen molar-refractivity contribution in [3.63, 3.8) is 0 Å². The molecule has 0 aliphatic rings. The Morgan fingerprint density at radius 3 is 2.36 bits per heavy atom. The molecule has 0 aliphatic carbocycles. The summed E-state index contributed by atoms with van der Waals surface area (Å²) >= 11 is 0. The second-order valence-corrected chi connectivity index (χ2v) is 5.65. The van der Waals surface area contributed by atoms with E-state index in [2.05, 4.69) is 57.8 Å². The molecule has 4 heteroatoms. The Morgan fingerprint density at radius 2 is 1.68 bits per heavy atom. The van der Waals surface area contributed by atoms with Crippen LogP contribution in [0.1, 0.15) is 11.1 Å². The van der Waals surface area contributed by atoms with Crippen molar-refractivity contribution >= 4 is 0 Å². The Labute approximate surface area is 131 Å². The van der Waals surface area contributed by atoms with E-state index in [9.17, 15) is 0 Å². The van der Waals surface area contributed by atoms with Gasteiger partial charge in [-0.3, -0.25) is 4.98 Å². The van der Waals surface area contributed by atoms with Crippen molar-refractivity contribution in [3.05, 3.63) is 72.2 Å². The number of aromatic nitrogens is 3. The number of imidazole rings is 1. The standard InChI is InChI=1S/C18H20N4/c1-21(2)13-15-6-8-16(9-7-15)14-22-12-11-20-18(22)17-5-3-4-10-19-17/h3-12H,13-14H2,1-2H3. The maximum absolute atomic E-state index is 4.43.